The Morgan fingerprint density at radius 1 is 1.09 bits per heavy atom. The molecule has 1 aromatic heterocycles. The molecule has 182 valence electrons. The quantitative estimate of drug-likeness (QED) is 0.439. The normalized spacial score (nSPS) is 14.3. The van der Waals surface area contributed by atoms with Crippen molar-refractivity contribution in [1.82, 2.24) is 10.2 Å². The molecule has 1 fully saturated rings. The minimum atomic E-state index is -0.676. The van der Waals surface area contributed by atoms with Gasteiger partial charge in [0.25, 0.3) is 5.91 Å². The first kappa shape index (κ1) is 24.4. The molecule has 0 spiro atoms. The predicted octanol–water partition coefficient (Wildman–Crippen LogP) is 3.16. The van der Waals surface area contributed by atoms with Crippen molar-refractivity contribution in [3.63, 3.8) is 0 Å². The van der Waals surface area contributed by atoms with Gasteiger partial charge >= 0.3 is 0 Å². The van der Waals surface area contributed by atoms with E-state index in [0.29, 0.717) is 49.7 Å². The summed E-state index contributed by atoms with van der Waals surface area (Å²) < 4.78 is 5.31. The molecule has 1 aliphatic rings. The van der Waals surface area contributed by atoms with E-state index in [-0.39, 0.29) is 17.7 Å². The second kappa shape index (κ2) is 11.2. The highest BCUT2D eigenvalue weighted by atomic mass is 32.1. The summed E-state index contributed by atoms with van der Waals surface area (Å²) in [7, 11) is 0. The second-order valence-electron chi connectivity index (χ2n) is 8.33. The number of nitrogens with one attached hydrogen (secondary N) is 2. The fraction of sp³-hybridized carbons (Fsp3) is 0.269. The van der Waals surface area contributed by atoms with Gasteiger partial charge in [0.1, 0.15) is 6.04 Å². The van der Waals surface area contributed by atoms with Gasteiger partial charge in [0.15, 0.2) is 0 Å². The first-order valence-corrected chi connectivity index (χ1v) is 12.3. The van der Waals surface area contributed by atoms with E-state index in [1.165, 1.54) is 6.92 Å². The van der Waals surface area contributed by atoms with Crippen LogP contribution in [0.25, 0.3) is 10.4 Å². The highest BCUT2D eigenvalue weighted by Gasteiger charge is 2.26. The molecule has 0 unspecified atom stereocenters. The topological polar surface area (TPSA) is 114 Å². The molecule has 2 aromatic carbocycles. The molecular formula is C26H28N4O4S. The van der Waals surface area contributed by atoms with Gasteiger partial charge in [0.2, 0.25) is 11.8 Å². The highest BCUT2D eigenvalue weighted by Crippen LogP contribution is 2.30. The Hall–Kier alpha value is -3.69. The van der Waals surface area contributed by atoms with Crippen molar-refractivity contribution in [2.45, 2.75) is 19.4 Å². The van der Waals surface area contributed by atoms with Gasteiger partial charge in [0.05, 0.1) is 24.6 Å². The van der Waals surface area contributed by atoms with Gasteiger partial charge in [-0.3, -0.25) is 14.4 Å². The number of anilines is 2. The number of amides is 3. The average Bonchev–Trinajstić information content (AvgIpc) is 3.40. The van der Waals surface area contributed by atoms with Crippen molar-refractivity contribution in [1.29, 1.82) is 0 Å². The van der Waals surface area contributed by atoms with Gasteiger partial charge in [-0.15, -0.1) is 11.3 Å². The molecular weight excluding hydrogens is 464 g/mol. The van der Waals surface area contributed by atoms with E-state index in [9.17, 15) is 14.4 Å². The van der Waals surface area contributed by atoms with Gasteiger partial charge in [0, 0.05) is 36.9 Å². The summed E-state index contributed by atoms with van der Waals surface area (Å²) in [5, 5.41) is 7.64. The van der Waals surface area contributed by atoms with Crippen LogP contribution < -0.4 is 16.4 Å². The lowest BCUT2D eigenvalue weighted by molar-refractivity contribution is -0.139. The molecule has 9 heteroatoms. The number of morpholine rings is 1. The Balaban J connectivity index is 1.44. The minimum Gasteiger partial charge on any atom is -0.397 e. The average molecular weight is 493 g/mol. The van der Waals surface area contributed by atoms with Gasteiger partial charge in [-0.1, -0.05) is 24.3 Å². The van der Waals surface area contributed by atoms with Crippen LogP contribution in [0.1, 0.15) is 22.8 Å². The largest absolute Gasteiger partial charge is 0.397 e. The molecule has 35 heavy (non-hydrogen) atoms. The van der Waals surface area contributed by atoms with Crippen LogP contribution in [0.2, 0.25) is 0 Å². The summed E-state index contributed by atoms with van der Waals surface area (Å²) in [6.07, 6.45) is 0.327. The number of ether oxygens (including phenoxy) is 1. The van der Waals surface area contributed by atoms with Crippen LogP contribution >= 0.6 is 11.3 Å². The van der Waals surface area contributed by atoms with Gasteiger partial charge in [-0.2, -0.15) is 0 Å². The molecule has 4 N–H and O–H groups in total. The van der Waals surface area contributed by atoms with E-state index in [0.717, 1.165) is 16.0 Å². The third-order valence-corrected chi connectivity index (χ3v) is 6.68. The van der Waals surface area contributed by atoms with Crippen molar-refractivity contribution < 1.29 is 19.1 Å². The molecule has 2 heterocycles. The molecule has 1 aliphatic heterocycles. The van der Waals surface area contributed by atoms with E-state index in [1.54, 1.807) is 46.6 Å². The maximum Gasteiger partial charge on any atom is 0.255 e. The fourth-order valence-electron chi connectivity index (χ4n) is 3.93. The fourth-order valence-corrected chi connectivity index (χ4v) is 4.66. The monoisotopic (exact) mass is 492 g/mol. The zero-order valence-electron chi connectivity index (χ0n) is 19.5. The van der Waals surface area contributed by atoms with E-state index in [2.05, 4.69) is 10.6 Å². The first-order valence-electron chi connectivity index (χ1n) is 11.4. The molecule has 0 saturated carbocycles. The summed E-state index contributed by atoms with van der Waals surface area (Å²) in [6, 6.07) is 15.9. The lowest BCUT2D eigenvalue weighted by Gasteiger charge is -2.30. The molecule has 0 bridgehead atoms. The van der Waals surface area contributed by atoms with Crippen molar-refractivity contribution in [2.24, 2.45) is 0 Å². The number of carbonyl (C=O) groups excluding carboxylic acids is 3. The molecule has 4 rings (SSSR count). The molecule has 3 aromatic rings. The zero-order valence-corrected chi connectivity index (χ0v) is 20.3. The van der Waals surface area contributed by atoms with Crippen LogP contribution in [0.5, 0.6) is 0 Å². The zero-order chi connectivity index (χ0) is 24.8. The van der Waals surface area contributed by atoms with Crippen molar-refractivity contribution in [2.75, 3.05) is 37.4 Å². The minimum absolute atomic E-state index is 0.133. The Bertz CT molecular complexity index is 1190. The van der Waals surface area contributed by atoms with Crippen LogP contribution in [0, 0.1) is 0 Å². The van der Waals surface area contributed by atoms with Crippen LogP contribution in [0.3, 0.4) is 0 Å². The smallest absolute Gasteiger partial charge is 0.255 e. The van der Waals surface area contributed by atoms with Crippen LogP contribution in [-0.2, 0) is 20.7 Å². The molecule has 3 amide bonds. The molecule has 0 aliphatic carbocycles. The van der Waals surface area contributed by atoms with Crippen molar-refractivity contribution >= 4 is 40.4 Å². The van der Waals surface area contributed by atoms with E-state index < -0.39 is 6.04 Å². The highest BCUT2D eigenvalue weighted by molar-refractivity contribution is 7.13. The summed E-state index contributed by atoms with van der Waals surface area (Å²) in [5.41, 5.74) is 9.40. The lowest BCUT2D eigenvalue weighted by atomic mass is 10.0. The molecule has 1 atom stereocenters. The molecule has 0 radical (unpaired) electrons. The SMILES string of the molecule is CC(=O)N[C@@H](Cc1ccc(C(=O)Nc2cc(-c3cccs3)ccc2N)cc1)C(=O)N1CCOCC1. The number of rotatable bonds is 7. The van der Waals surface area contributed by atoms with Gasteiger partial charge in [-0.25, -0.2) is 0 Å². The Morgan fingerprint density at radius 2 is 1.83 bits per heavy atom. The summed E-state index contributed by atoms with van der Waals surface area (Å²) >= 11 is 1.61. The molecule has 8 nitrogen and oxygen atoms in total. The number of nitrogen functional groups attached to an aromatic ring is 1. The lowest BCUT2D eigenvalue weighted by Crippen LogP contribution is -2.52. The number of hydrogen-bond acceptors (Lipinski definition) is 6. The van der Waals surface area contributed by atoms with Gasteiger partial charge in [-0.05, 0) is 46.8 Å². The third kappa shape index (κ3) is 6.26. The first-order chi connectivity index (χ1) is 16.9. The summed E-state index contributed by atoms with van der Waals surface area (Å²) in [5.74, 6) is -0.684. The van der Waals surface area contributed by atoms with E-state index >= 15 is 0 Å². The Labute approximate surface area is 208 Å². The Kier molecular flexibility index (Phi) is 7.79. The van der Waals surface area contributed by atoms with Crippen LogP contribution in [0.15, 0.2) is 60.0 Å². The maximum absolute atomic E-state index is 12.9. The number of benzene rings is 2. The van der Waals surface area contributed by atoms with Crippen molar-refractivity contribution in [3.05, 3.63) is 71.1 Å². The number of nitrogens with zero attached hydrogens (tertiary/aromatic N) is 1. The number of thiophene rings is 1. The van der Waals surface area contributed by atoms with Crippen LogP contribution in [0.4, 0.5) is 11.4 Å². The number of carbonyl (C=O) groups is 3. The van der Waals surface area contributed by atoms with Gasteiger partial charge < -0.3 is 26.0 Å². The standard InChI is InChI=1S/C26H28N4O4S/c1-17(31)28-23(26(33)30-10-12-34-13-11-30)15-18-4-6-19(7-5-18)25(32)29-22-16-20(8-9-21(22)27)24-3-2-14-35-24/h2-9,14,16,23H,10-13,15,27H2,1H3,(H,28,31)(H,29,32)/t23-/m0/s1. The second-order valence-corrected chi connectivity index (χ2v) is 9.27. The van der Waals surface area contributed by atoms with E-state index in [1.807, 2.05) is 29.6 Å². The summed E-state index contributed by atoms with van der Waals surface area (Å²) in [6.45, 7) is 3.38. The summed E-state index contributed by atoms with van der Waals surface area (Å²) in [4.78, 5) is 40.3. The molecule has 1 saturated heterocycles. The predicted molar refractivity (Wildman–Crippen MR) is 137 cm³/mol. The number of hydrogen-bond donors (Lipinski definition) is 3. The van der Waals surface area contributed by atoms with E-state index in [4.69, 9.17) is 10.5 Å². The maximum atomic E-state index is 12.9. The van der Waals surface area contributed by atoms with Crippen molar-refractivity contribution in [3.8, 4) is 10.4 Å². The third-order valence-electron chi connectivity index (χ3n) is 5.76. The van der Waals surface area contributed by atoms with Crippen LogP contribution in [-0.4, -0.2) is 55.0 Å². The Morgan fingerprint density at radius 3 is 2.49 bits per heavy atom. The number of nitrogens with two attached hydrogens (primary N) is 1.